The van der Waals surface area contributed by atoms with E-state index < -0.39 is 0 Å². The molecule has 0 fully saturated rings. The topological polar surface area (TPSA) is 42.2 Å². The molecule has 3 heteroatoms. The maximum absolute atomic E-state index is 9.16. The maximum Gasteiger partial charge on any atom is 0.148 e. The number of hydrogen-bond acceptors (Lipinski definition) is 3. The van der Waals surface area contributed by atoms with Crippen LogP contribution in [0, 0.1) is 18.3 Å². The van der Waals surface area contributed by atoms with Gasteiger partial charge in [-0.2, -0.15) is 5.26 Å². The summed E-state index contributed by atoms with van der Waals surface area (Å²) in [5.41, 5.74) is 2.97. The van der Waals surface area contributed by atoms with E-state index in [4.69, 9.17) is 14.7 Å². The second-order valence-corrected chi connectivity index (χ2v) is 5.25. The standard InChI is InChI=1S/C18H19NO2/c1-12(2)17-8-7-16(9-13(17)3)21-18-10-15(20-4)6-5-14(18)11-19/h5-10,12H,1-4H3. The van der Waals surface area contributed by atoms with Crippen LogP contribution in [0.25, 0.3) is 0 Å². The lowest BCUT2D eigenvalue weighted by Crippen LogP contribution is -1.94. The third-order valence-electron chi connectivity index (χ3n) is 3.40. The minimum absolute atomic E-state index is 0.477. The number of ether oxygens (including phenoxy) is 2. The Bertz CT molecular complexity index is 684. The highest BCUT2D eigenvalue weighted by Gasteiger charge is 2.09. The number of nitrogens with zero attached hydrogens (tertiary/aromatic N) is 1. The van der Waals surface area contributed by atoms with Crippen molar-refractivity contribution in [2.45, 2.75) is 26.7 Å². The summed E-state index contributed by atoms with van der Waals surface area (Å²) < 4.78 is 11.0. The molecule has 0 aliphatic carbocycles. The van der Waals surface area contributed by atoms with Crippen molar-refractivity contribution in [2.24, 2.45) is 0 Å². The molecular weight excluding hydrogens is 262 g/mol. The largest absolute Gasteiger partial charge is 0.497 e. The molecule has 0 saturated carbocycles. The van der Waals surface area contributed by atoms with Gasteiger partial charge in [-0.15, -0.1) is 0 Å². The Balaban J connectivity index is 2.34. The Labute approximate surface area is 125 Å². The third-order valence-corrected chi connectivity index (χ3v) is 3.40. The van der Waals surface area contributed by atoms with Gasteiger partial charge in [0, 0.05) is 6.07 Å². The Morgan fingerprint density at radius 2 is 1.76 bits per heavy atom. The molecule has 0 atom stereocenters. The molecular formula is C18H19NO2. The molecule has 0 radical (unpaired) electrons. The fraction of sp³-hybridized carbons (Fsp3) is 0.278. The zero-order valence-corrected chi connectivity index (χ0v) is 12.8. The van der Waals surface area contributed by atoms with Crippen molar-refractivity contribution in [3.8, 4) is 23.3 Å². The summed E-state index contributed by atoms with van der Waals surface area (Å²) in [6.07, 6.45) is 0. The summed E-state index contributed by atoms with van der Waals surface area (Å²) in [5, 5.41) is 9.16. The number of hydrogen-bond donors (Lipinski definition) is 0. The number of aryl methyl sites for hydroxylation is 1. The third kappa shape index (κ3) is 3.35. The molecule has 0 saturated heterocycles. The average Bonchev–Trinajstić information content (AvgIpc) is 2.46. The Morgan fingerprint density at radius 1 is 1.05 bits per heavy atom. The van der Waals surface area contributed by atoms with E-state index in [0.29, 0.717) is 23.0 Å². The van der Waals surface area contributed by atoms with Crippen molar-refractivity contribution in [3.63, 3.8) is 0 Å². The molecule has 0 amide bonds. The van der Waals surface area contributed by atoms with Gasteiger partial charge in [0.2, 0.25) is 0 Å². The fourth-order valence-corrected chi connectivity index (χ4v) is 2.29. The molecule has 0 unspecified atom stereocenters. The van der Waals surface area contributed by atoms with Crippen molar-refractivity contribution in [1.29, 1.82) is 5.26 Å². The van der Waals surface area contributed by atoms with E-state index in [-0.39, 0.29) is 0 Å². The fourth-order valence-electron chi connectivity index (χ4n) is 2.29. The highest BCUT2D eigenvalue weighted by molar-refractivity contribution is 5.50. The molecule has 2 rings (SSSR count). The summed E-state index contributed by atoms with van der Waals surface area (Å²) in [7, 11) is 1.59. The van der Waals surface area contributed by atoms with Crippen LogP contribution < -0.4 is 9.47 Å². The van der Waals surface area contributed by atoms with Gasteiger partial charge in [-0.25, -0.2) is 0 Å². The van der Waals surface area contributed by atoms with Gasteiger partial charge in [-0.1, -0.05) is 19.9 Å². The van der Waals surface area contributed by atoms with Crippen LogP contribution in [0.5, 0.6) is 17.2 Å². The molecule has 0 aromatic heterocycles. The zero-order chi connectivity index (χ0) is 15.4. The molecule has 3 nitrogen and oxygen atoms in total. The van der Waals surface area contributed by atoms with E-state index in [9.17, 15) is 0 Å². The normalized spacial score (nSPS) is 10.3. The van der Waals surface area contributed by atoms with E-state index in [0.717, 1.165) is 5.75 Å². The van der Waals surface area contributed by atoms with Crippen LogP contribution in [0.3, 0.4) is 0 Å². The van der Waals surface area contributed by atoms with Gasteiger partial charge in [-0.3, -0.25) is 0 Å². The van der Waals surface area contributed by atoms with Gasteiger partial charge < -0.3 is 9.47 Å². The van der Waals surface area contributed by atoms with E-state index in [2.05, 4.69) is 32.9 Å². The van der Waals surface area contributed by atoms with Gasteiger partial charge in [0.25, 0.3) is 0 Å². The van der Waals surface area contributed by atoms with Gasteiger partial charge in [0.15, 0.2) is 0 Å². The molecule has 2 aromatic carbocycles. The highest BCUT2D eigenvalue weighted by atomic mass is 16.5. The number of methoxy groups -OCH3 is 1. The molecule has 0 bridgehead atoms. The predicted molar refractivity (Wildman–Crippen MR) is 83.1 cm³/mol. The first-order chi connectivity index (χ1) is 10.0. The van der Waals surface area contributed by atoms with Crippen LogP contribution in [-0.4, -0.2) is 7.11 Å². The Morgan fingerprint density at radius 3 is 2.33 bits per heavy atom. The van der Waals surface area contributed by atoms with Crippen molar-refractivity contribution in [1.82, 2.24) is 0 Å². The maximum atomic E-state index is 9.16. The molecule has 0 aliphatic heterocycles. The second kappa shape index (κ2) is 6.32. The van der Waals surface area contributed by atoms with Gasteiger partial charge >= 0.3 is 0 Å². The first kappa shape index (κ1) is 14.9. The number of rotatable bonds is 4. The first-order valence-corrected chi connectivity index (χ1v) is 6.91. The molecule has 0 aliphatic rings. The van der Waals surface area contributed by atoms with Crippen molar-refractivity contribution in [3.05, 3.63) is 53.1 Å². The van der Waals surface area contributed by atoms with Crippen molar-refractivity contribution in [2.75, 3.05) is 7.11 Å². The average molecular weight is 281 g/mol. The smallest absolute Gasteiger partial charge is 0.148 e. The molecule has 0 heterocycles. The van der Waals surface area contributed by atoms with Crippen LogP contribution in [0.2, 0.25) is 0 Å². The van der Waals surface area contributed by atoms with Crippen LogP contribution in [0.1, 0.15) is 36.5 Å². The lowest BCUT2D eigenvalue weighted by molar-refractivity contribution is 0.408. The highest BCUT2D eigenvalue weighted by Crippen LogP contribution is 2.31. The minimum atomic E-state index is 0.477. The summed E-state index contributed by atoms with van der Waals surface area (Å²) in [6.45, 7) is 6.40. The molecule has 108 valence electrons. The quantitative estimate of drug-likeness (QED) is 0.809. The lowest BCUT2D eigenvalue weighted by Gasteiger charge is -2.13. The van der Waals surface area contributed by atoms with Gasteiger partial charge in [0.1, 0.15) is 23.3 Å². The van der Waals surface area contributed by atoms with Gasteiger partial charge in [0.05, 0.1) is 12.7 Å². The minimum Gasteiger partial charge on any atom is -0.497 e. The summed E-state index contributed by atoms with van der Waals surface area (Å²) in [6, 6.07) is 13.3. The van der Waals surface area contributed by atoms with Crippen LogP contribution >= 0.6 is 0 Å². The molecule has 2 aromatic rings. The molecule has 21 heavy (non-hydrogen) atoms. The van der Waals surface area contributed by atoms with E-state index >= 15 is 0 Å². The SMILES string of the molecule is COc1ccc(C#N)c(Oc2ccc(C(C)C)c(C)c2)c1. The molecule has 0 spiro atoms. The Hall–Kier alpha value is -2.47. The molecule has 0 N–H and O–H groups in total. The summed E-state index contributed by atoms with van der Waals surface area (Å²) in [5.74, 6) is 2.38. The van der Waals surface area contributed by atoms with Gasteiger partial charge in [-0.05, 0) is 48.2 Å². The predicted octanol–water partition coefficient (Wildman–Crippen LogP) is 4.79. The summed E-state index contributed by atoms with van der Waals surface area (Å²) >= 11 is 0. The number of nitriles is 1. The lowest BCUT2D eigenvalue weighted by atomic mass is 9.98. The first-order valence-electron chi connectivity index (χ1n) is 6.91. The zero-order valence-electron chi connectivity index (χ0n) is 12.8. The number of benzene rings is 2. The van der Waals surface area contributed by atoms with Crippen molar-refractivity contribution < 1.29 is 9.47 Å². The van der Waals surface area contributed by atoms with Crippen LogP contribution in [-0.2, 0) is 0 Å². The van der Waals surface area contributed by atoms with E-state index in [1.807, 2.05) is 12.1 Å². The monoisotopic (exact) mass is 281 g/mol. The Kier molecular flexibility index (Phi) is 4.49. The van der Waals surface area contributed by atoms with Crippen LogP contribution in [0.15, 0.2) is 36.4 Å². The van der Waals surface area contributed by atoms with E-state index in [1.165, 1.54) is 11.1 Å². The summed E-state index contributed by atoms with van der Waals surface area (Å²) in [4.78, 5) is 0. The van der Waals surface area contributed by atoms with Crippen molar-refractivity contribution >= 4 is 0 Å². The van der Waals surface area contributed by atoms with Crippen LogP contribution in [0.4, 0.5) is 0 Å². The van der Waals surface area contributed by atoms with E-state index in [1.54, 1.807) is 25.3 Å². The second-order valence-electron chi connectivity index (χ2n) is 5.25.